The van der Waals surface area contributed by atoms with Crippen molar-refractivity contribution in [3.63, 3.8) is 0 Å². The number of amides is 2. The molecule has 1 aromatic carbocycles. The van der Waals surface area contributed by atoms with E-state index in [1.54, 1.807) is 25.2 Å². The SMILES string of the molecule is CC.[B]c1ccc2c(c1)n(C)c(=O)n2C1CCC(=O)NC1=O. The molecule has 1 aromatic heterocycles. The van der Waals surface area contributed by atoms with Crippen LogP contribution in [0.25, 0.3) is 11.0 Å². The molecule has 114 valence electrons. The molecule has 2 amide bonds. The van der Waals surface area contributed by atoms with Gasteiger partial charge in [-0.25, -0.2) is 4.79 Å². The van der Waals surface area contributed by atoms with Crippen LogP contribution in [0.5, 0.6) is 0 Å². The van der Waals surface area contributed by atoms with Crippen LogP contribution in [0.1, 0.15) is 32.7 Å². The average molecular weight is 299 g/mol. The number of aryl methyl sites for hydroxylation is 1. The largest absolute Gasteiger partial charge is 0.329 e. The predicted molar refractivity (Wildman–Crippen MR) is 85.3 cm³/mol. The zero-order chi connectivity index (χ0) is 16.4. The summed E-state index contributed by atoms with van der Waals surface area (Å²) in [6.45, 7) is 4.00. The van der Waals surface area contributed by atoms with E-state index in [4.69, 9.17) is 7.85 Å². The zero-order valence-electron chi connectivity index (χ0n) is 12.9. The highest BCUT2D eigenvalue weighted by Gasteiger charge is 2.31. The number of fused-ring (bicyclic) bond motifs is 1. The van der Waals surface area contributed by atoms with E-state index in [-0.39, 0.29) is 18.0 Å². The van der Waals surface area contributed by atoms with Gasteiger partial charge < -0.3 is 0 Å². The van der Waals surface area contributed by atoms with Crippen LogP contribution in [-0.2, 0) is 16.6 Å². The molecule has 0 spiro atoms. The molecular formula is C15H18BN3O3. The van der Waals surface area contributed by atoms with Crippen molar-refractivity contribution in [2.45, 2.75) is 32.7 Å². The first-order chi connectivity index (χ1) is 10.5. The molecule has 2 aromatic rings. The second kappa shape index (κ2) is 6.21. The third-order valence-corrected chi connectivity index (χ3v) is 3.64. The lowest BCUT2D eigenvalue weighted by Crippen LogP contribution is -2.44. The molecule has 0 bridgehead atoms. The van der Waals surface area contributed by atoms with Crippen LogP contribution < -0.4 is 16.5 Å². The number of carbonyl (C=O) groups excluding carboxylic acids is 2. The lowest BCUT2D eigenvalue weighted by atomic mass is 9.96. The maximum Gasteiger partial charge on any atom is 0.329 e. The molecule has 6 nitrogen and oxygen atoms in total. The van der Waals surface area contributed by atoms with E-state index in [0.29, 0.717) is 22.9 Å². The number of nitrogens with one attached hydrogen (secondary N) is 1. The van der Waals surface area contributed by atoms with Crippen LogP contribution in [-0.4, -0.2) is 28.8 Å². The first-order valence-electron chi connectivity index (χ1n) is 7.29. The van der Waals surface area contributed by atoms with Crippen molar-refractivity contribution in [1.29, 1.82) is 0 Å². The van der Waals surface area contributed by atoms with Gasteiger partial charge in [0.05, 0.1) is 11.0 Å². The molecule has 22 heavy (non-hydrogen) atoms. The summed E-state index contributed by atoms with van der Waals surface area (Å²) in [5.74, 6) is -0.739. The number of aromatic nitrogens is 2. The maximum absolute atomic E-state index is 12.3. The summed E-state index contributed by atoms with van der Waals surface area (Å²) >= 11 is 0. The van der Waals surface area contributed by atoms with Crippen molar-refractivity contribution in [1.82, 2.24) is 14.5 Å². The Bertz CT molecular complexity index is 791. The molecule has 1 atom stereocenters. The normalized spacial score (nSPS) is 17.9. The topological polar surface area (TPSA) is 73.1 Å². The molecule has 2 heterocycles. The fourth-order valence-corrected chi connectivity index (χ4v) is 2.61. The molecule has 1 aliphatic rings. The number of imide groups is 1. The molecule has 1 saturated heterocycles. The highest BCUT2D eigenvalue weighted by atomic mass is 16.2. The van der Waals surface area contributed by atoms with Gasteiger partial charge in [0.15, 0.2) is 0 Å². The van der Waals surface area contributed by atoms with Gasteiger partial charge in [-0.05, 0) is 18.6 Å². The van der Waals surface area contributed by atoms with Gasteiger partial charge in [0.1, 0.15) is 13.9 Å². The zero-order valence-corrected chi connectivity index (χ0v) is 12.9. The van der Waals surface area contributed by atoms with E-state index in [9.17, 15) is 14.4 Å². The summed E-state index contributed by atoms with van der Waals surface area (Å²) in [5.41, 5.74) is 1.56. The molecular weight excluding hydrogens is 281 g/mol. The summed E-state index contributed by atoms with van der Waals surface area (Å²) in [6.07, 6.45) is 0.558. The smallest absolute Gasteiger partial charge is 0.295 e. The molecule has 0 saturated carbocycles. The Kier molecular flexibility index (Phi) is 4.54. The van der Waals surface area contributed by atoms with E-state index in [2.05, 4.69) is 5.32 Å². The highest BCUT2D eigenvalue weighted by Crippen LogP contribution is 2.22. The monoisotopic (exact) mass is 299 g/mol. The van der Waals surface area contributed by atoms with Crippen molar-refractivity contribution >= 4 is 36.2 Å². The summed E-state index contributed by atoms with van der Waals surface area (Å²) in [5, 5.41) is 2.27. The van der Waals surface area contributed by atoms with Gasteiger partial charge in [-0.3, -0.25) is 24.0 Å². The number of piperidine rings is 1. The number of benzene rings is 1. The lowest BCUT2D eigenvalue weighted by Gasteiger charge is -2.21. The molecule has 1 fully saturated rings. The Morgan fingerprint density at radius 1 is 1.18 bits per heavy atom. The van der Waals surface area contributed by atoms with Crippen LogP contribution in [0.4, 0.5) is 0 Å². The highest BCUT2D eigenvalue weighted by molar-refractivity contribution is 6.33. The van der Waals surface area contributed by atoms with E-state index < -0.39 is 11.9 Å². The predicted octanol–water partition coefficient (Wildman–Crippen LogP) is 0.138. The van der Waals surface area contributed by atoms with Crippen molar-refractivity contribution in [3.8, 4) is 0 Å². The standard InChI is InChI=1S/C13H12BN3O3.C2H6/c1-16-10-6-7(14)2-3-8(10)17(13(16)20)9-4-5-11(18)15-12(9)19;1-2/h2-3,6,9H,4-5H2,1H3,(H,15,18,19);1-2H3. The summed E-state index contributed by atoms with van der Waals surface area (Å²) in [4.78, 5) is 35.5. The Morgan fingerprint density at radius 2 is 1.86 bits per heavy atom. The van der Waals surface area contributed by atoms with Crippen molar-refractivity contribution in [2.24, 2.45) is 7.05 Å². The van der Waals surface area contributed by atoms with E-state index in [1.165, 1.54) is 9.13 Å². The van der Waals surface area contributed by atoms with E-state index in [0.717, 1.165) is 0 Å². The Morgan fingerprint density at radius 3 is 2.50 bits per heavy atom. The fourth-order valence-electron chi connectivity index (χ4n) is 2.61. The quantitative estimate of drug-likeness (QED) is 0.601. The number of carbonyl (C=O) groups is 2. The van der Waals surface area contributed by atoms with Gasteiger partial charge in [-0.2, -0.15) is 0 Å². The van der Waals surface area contributed by atoms with Gasteiger partial charge in [-0.1, -0.05) is 25.4 Å². The minimum absolute atomic E-state index is 0.230. The lowest BCUT2D eigenvalue weighted by molar-refractivity contribution is -0.135. The Labute approximate surface area is 129 Å². The van der Waals surface area contributed by atoms with Gasteiger partial charge in [0.2, 0.25) is 11.8 Å². The number of imidazole rings is 1. The molecule has 1 unspecified atom stereocenters. The first kappa shape index (κ1) is 16.1. The van der Waals surface area contributed by atoms with Crippen LogP contribution >= 0.6 is 0 Å². The average Bonchev–Trinajstić information content (AvgIpc) is 2.74. The molecule has 3 rings (SSSR count). The summed E-state index contributed by atoms with van der Waals surface area (Å²) in [6, 6.07) is 4.44. The summed E-state index contributed by atoms with van der Waals surface area (Å²) < 4.78 is 2.88. The van der Waals surface area contributed by atoms with Gasteiger partial charge in [0.25, 0.3) is 0 Å². The van der Waals surface area contributed by atoms with Crippen LogP contribution in [0.3, 0.4) is 0 Å². The Hall–Kier alpha value is -2.31. The third kappa shape index (κ3) is 2.58. The van der Waals surface area contributed by atoms with Crippen LogP contribution in [0, 0.1) is 0 Å². The van der Waals surface area contributed by atoms with Crippen molar-refractivity contribution in [2.75, 3.05) is 0 Å². The molecule has 1 N–H and O–H groups in total. The number of hydrogen-bond acceptors (Lipinski definition) is 3. The minimum atomic E-state index is -0.660. The molecule has 2 radical (unpaired) electrons. The second-order valence-corrected chi connectivity index (χ2v) is 4.93. The van der Waals surface area contributed by atoms with Gasteiger partial charge >= 0.3 is 5.69 Å². The van der Waals surface area contributed by atoms with Crippen LogP contribution in [0.2, 0.25) is 0 Å². The maximum atomic E-state index is 12.3. The molecule has 7 heteroatoms. The summed E-state index contributed by atoms with van der Waals surface area (Å²) in [7, 11) is 7.36. The van der Waals surface area contributed by atoms with E-state index >= 15 is 0 Å². The van der Waals surface area contributed by atoms with Crippen molar-refractivity contribution in [3.05, 3.63) is 28.7 Å². The first-order valence-corrected chi connectivity index (χ1v) is 7.29. The molecule has 1 aliphatic heterocycles. The number of nitrogens with zero attached hydrogens (tertiary/aromatic N) is 2. The fraction of sp³-hybridized carbons (Fsp3) is 0.400. The number of rotatable bonds is 1. The Balaban J connectivity index is 0.000000847. The third-order valence-electron chi connectivity index (χ3n) is 3.64. The van der Waals surface area contributed by atoms with Crippen molar-refractivity contribution < 1.29 is 9.59 Å². The van der Waals surface area contributed by atoms with E-state index in [1.807, 2.05) is 13.8 Å². The van der Waals surface area contributed by atoms with Crippen LogP contribution in [0.15, 0.2) is 23.0 Å². The minimum Gasteiger partial charge on any atom is -0.295 e. The second-order valence-electron chi connectivity index (χ2n) is 4.93. The number of hydrogen-bond donors (Lipinski definition) is 1. The molecule has 0 aliphatic carbocycles. The van der Waals surface area contributed by atoms with Gasteiger partial charge in [0, 0.05) is 13.5 Å². The van der Waals surface area contributed by atoms with Gasteiger partial charge in [-0.15, -0.1) is 0 Å².